The van der Waals surface area contributed by atoms with Gasteiger partial charge in [-0.25, -0.2) is 4.79 Å². The minimum absolute atomic E-state index is 0.253. The fourth-order valence-electron chi connectivity index (χ4n) is 2.36. The van der Waals surface area contributed by atoms with E-state index in [4.69, 9.17) is 4.74 Å². The summed E-state index contributed by atoms with van der Waals surface area (Å²) in [6.07, 6.45) is 0.806. The lowest BCUT2D eigenvalue weighted by molar-refractivity contribution is 0.142. The maximum atomic E-state index is 11.7. The van der Waals surface area contributed by atoms with Crippen molar-refractivity contribution in [2.75, 3.05) is 20.3 Å². The van der Waals surface area contributed by atoms with Gasteiger partial charge >= 0.3 is 6.03 Å². The lowest BCUT2D eigenvalue weighted by Crippen LogP contribution is -2.41. The monoisotopic (exact) mass is 264 g/mol. The summed E-state index contributed by atoms with van der Waals surface area (Å²) in [6.45, 7) is 1.18. The van der Waals surface area contributed by atoms with E-state index in [0.29, 0.717) is 19.6 Å². The van der Waals surface area contributed by atoms with Gasteiger partial charge in [-0.2, -0.15) is 0 Å². The molecule has 1 aromatic rings. The molecule has 0 aromatic heterocycles. The minimum Gasteiger partial charge on any atom is -0.390 e. The minimum atomic E-state index is -0.554. The number of methoxy groups -OCH3 is 1. The van der Waals surface area contributed by atoms with E-state index in [9.17, 15) is 9.90 Å². The molecule has 0 fully saturated rings. The van der Waals surface area contributed by atoms with Crippen LogP contribution in [0.2, 0.25) is 0 Å². The summed E-state index contributed by atoms with van der Waals surface area (Å²) in [6, 6.07) is 7.22. The molecule has 2 rings (SSSR count). The molecule has 0 saturated carbocycles. The summed E-state index contributed by atoms with van der Waals surface area (Å²) in [5, 5.41) is 15.6. The lowest BCUT2D eigenvalue weighted by Gasteiger charge is -2.18. The highest BCUT2D eigenvalue weighted by Crippen LogP contribution is 2.30. The normalized spacial score (nSPS) is 20.9. The quantitative estimate of drug-likeness (QED) is 0.694. The van der Waals surface area contributed by atoms with Gasteiger partial charge in [-0.05, 0) is 17.5 Å². The van der Waals surface area contributed by atoms with Crippen molar-refractivity contribution in [3.63, 3.8) is 0 Å². The van der Waals surface area contributed by atoms with Crippen molar-refractivity contribution in [3.05, 3.63) is 35.4 Å². The number of hydrogen-bond acceptors (Lipinski definition) is 3. The Morgan fingerprint density at radius 1 is 1.47 bits per heavy atom. The molecule has 0 unspecified atom stereocenters. The maximum absolute atomic E-state index is 11.7. The molecule has 0 heterocycles. The second-order valence-corrected chi connectivity index (χ2v) is 4.69. The van der Waals surface area contributed by atoms with Gasteiger partial charge in [-0.3, -0.25) is 0 Å². The van der Waals surface area contributed by atoms with Crippen molar-refractivity contribution in [1.29, 1.82) is 0 Å². The molecular formula is C14H20N2O3. The molecule has 5 nitrogen and oxygen atoms in total. The zero-order chi connectivity index (χ0) is 13.7. The molecular weight excluding hydrogens is 244 g/mol. The van der Waals surface area contributed by atoms with Gasteiger partial charge in [0.2, 0.25) is 0 Å². The van der Waals surface area contributed by atoms with Crippen LogP contribution < -0.4 is 10.6 Å². The summed E-state index contributed by atoms with van der Waals surface area (Å²) in [5.41, 5.74) is 2.10. The summed E-state index contributed by atoms with van der Waals surface area (Å²) in [7, 11) is 1.63. The third-order valence-corrected chi connectivity index (χ3v) is 3.30. The number of urea groups is 1. The molecule has 5 heteroatoms. The Kier molecular flexibility index (Phi) is 4.76. The first-order valence-corrected chi connectivity index (χ1v) is 6.51. The van der Waals surface area contributed by atoms with Crippen molar-refractivity contribution < 1.29 is 14.6 Å². The van der Waals surface area contributed by atoms with Gasteiger partial charge in [0.1, 0.15) is 0 Å². The molecule has 0 saturated heterocycles. The highest BCUT2D eigenvalue weighted by Gasteiger charge is 2.31. The van der Waals surface area contributed by atoms with Crippen molar-refractivity contribution in [2.24, 2.45) is 0 Å². The van der Waals surface area contributed by atoms with Crippen LogP contribution in [0.3, 0.4) is 0 Å². The Balaban J connectivity index is 1.87. The van der Waals surface area contributed by atoms with Crippen molar-refractivity contribution in [1.82, 2.24) is 10.6 Å². The van der Waals surface area contributed by atoms with Crippen LogP contribution in [0.15, 0.2) is 24.3 Å². The number of fused-ring (bicyclic) bond motifs is 1. The lowest BCUT2D eigenvalue weighted by atomic mass is 10.1. The molecule has 1 aliphatic carbocycles. The van der Waals surface area contributed by atoms with Crippen molar-refractivity contribution in [2.45, 2.75) is 25.0 Å². The van der Waals surface area contributed by atoms with Crippen LogP contribution in [0.5, 0.6) is 0 Å². The molecule has 19 heavy (non-hydrogen) atoms. The Morgan fingerprint density at radius 2 is 2.26 bits per heavy atom. The fraction of sp³-hybridized carbons (Fsp3) is 0.500. The number of carbonyl (C=O) groups is 1. The number of nitrogens with one attached hydrogen (secondary N) is 2. The van der Waals surface area contributed by atoms with Gasteiger partial charge < -0.3 is 20.5 Å². The SMILES string of the molecule is COCCCNC(=O)N[C@@H]1c2ccccc2C[C@@H]1O. The van der Waals surface area contributed by atoms with E-state index in [1.165, 1.54) is 0 Å². The van der Waals surface area contributed by atoms with Crippen LogP contribution >= 0.6 is 0 Å². The molecule has 2 atom stereocenters. The second-order valence-electron chi connectivity index (χ2n) is 4.69. The third-order valence-electron chi connectivity index (χ3n) is 3.30. The highest BCUT2D eigenvalue weighted by molar-refractivity contribution is 5.74. The second kappa shape index (κ2) is 6.54. The van der Waals surface area contributed by atoms with Crippen LogP contribution in [0.1, 0.15) is 23.6 Å². The van der Waals surface area contributed by atoms with Crippen LogP contribution in [0.25, 0.3) is 0 Å². The van der Waals surface area contributed by atoms with Crippen LogP contribution in [-0.2, 0) is 11.2 Å². The summed E-state index contributed by atoms with van der Waals surface area (Å²) < 4.78 is 4.91. The van der Waals surface area contributed by atoms with Crippen molar-refractivity contribution in [3.8, 4) is 0 Å². The molecule has 2 amide bonds. The third kappa shape index (κ3) is 3.45. The first-order chi connectivity index (χ1) is 9.22. The van der Waals surface area contributed by atoms with E-state index >= 15 is 0 Å². The highest BCUT2D eigenvalue weighted by atomic mass is 16.5. The smallest absolute Gasteiger partial charge is 0.315 e. The van der Waals surface area contributed by atoms with E-state index in [-0.39, 0.29) is 12.1 Å². The standard InChI is InChI=1S/C14H20N2O3/c1-19-8-4-7-15-14(18)16-13-11-6-3-2-5-10(11)9-12(13)17/h2-3,5-6,12-13,17H,4,7-9H2,1H3,(H2,15,16,18)/t12-,13+/m0/s1. The van der Waals surface area contributed by atoms with Gasteiger partial charge in [0, 0.05) is 26.7 Å². The molecule has 0 bridgehead atoms. The van der Waals surface area contributed by atoms with E-state index < -0.39 is 6.10 Å². The molecule has 0 aliphatic heterocycles. The van der Waals surface area contributed by atoms with Gasteiger partial charge in [0.15, 0.2) is 0 Å². The Hall–Kier alpha value is -1.59. The van der Waals surface area contributed by atoms with E-state index in [1.807, 2.05) is 24.3 Å². The van der Waals surface area contributed by atoms with Gasteiger partial charge in [0.25, 0.3) is 0 Å². The topological polar surface area (TPSA) is 70.6 Å². The van der Waals surface area contributed by atoms with Gasteiger partial charge in [0.05, 0.1) is 12.1 Å². The molecule has 3 N–H and O–H groups in total. The summed E-state index contributed by atoms with van der Waals surface area (Å²) in [5.74, 6) is 0. The first-order valence-electron chi connectivity index (χ1n) is 6.51. The van der Waals surface area contributed by atoms with E-state index in [0.717, 1.165) is 17.5 Å². The zero-order valence-corrected chi connectivity index (χ0v) is 11.1. The Morgan fingerprint density at radius 3 is 3.05 bits per heavy atom. The average Bonchev–Trinajstić information content (AvgIpc) is 2.72. The molecule has 0 radical (unpaired) electrons. The molecule has 104 valence electrons. The zero-order valence-electron chi connectivity index (χ0n) is 11.1. The number of carbonyl (C=O) groups excluding carboxylic acids is 1. The Labute approximate surface area is 113 Å². The van der Waals surface area contributed by atoms with Crippen LogP contribution in [0.4, 0.5) is 4.79 Å². The maximum Gasteiger partial charge on any atom is 0.315 e. The average molecular weight is 264 g/mol. The number of ether oxygens (including phenoxy) is 1. The van der Waals surface area contributed by atoms with Gasteiger partial charge in [-0.15, -0.1) is 0 Å². The summed E-state index contributed by atoms with van der Waals surface area (Å²) >= 11 is 0. The predicted molar refractivity (Wildman–Crippen MR) is 71.9 cm³/mol. The number of rotatable bonds is 5. The van der Waals surface area contributed by atoms with Crippen LogP contribution in [0, 0.1) is 0 Å². The number of benzene rings is 1. The number of aliphatic hydroxyl groups is 1. The fourth-order valence-corrected chi connectivity index (χ4v) is 2.36. The van der Waals surface area contributed by atoms with E-state index in [1.54, 1.807) is 7.11 Å². The number of amides is 2. The molecule has 0 spiro atoms. The number of hydrogen-bond donors (Lipinski definition) is 3. The molecule has 1 aromatic carbocycles. The van der Waals surface area contributed by atoms with E-state index in [2.05, 4.69) is 10.6 Å². The Bertz CT molecular complexity index is 436. The predicted octanol–water partition coefficient (Wildman–Crippen LogP) is 0.980. The number of aliphatic hydroxyl groups excluding tert-OH is 1. The van der Waals surface area contributed by atoms with Gasteiger partial charge in [-0.1, -0.05) is 24.3 Å². The van der Waals surface area contributed by atoms with Crippen molar-refractivity contribution >= 4 is 6.03 Å². The van der Waals surface area contributed by atoms with Crippen LogP contribution in [-0.4, -0.2) is 37.5 Å². The first kappa shape index (κ1) is 13.8. The molecule has 1 aliphatic rings. The summed E-state index contributed by atoms with van der Waals surface area (Å²) in [4.78, 5) is 11.7. The largest absolute Gasteiger partial charge is 0.390 e.